The van der Waals surface area contributed by atoms with Gasteiger partial charge >= 0.3 is 0 Å². The van der Waals surface area contributed by atoms with Crippen molar-refractivity contribution in [3.63, 3.8) is 0 Å². The largest absolute Gasteiger partial charge is 0.327 e. The summed E-state index contributed by atoms with van der Waals surface area (Å²) in [5.41, 5.74) is 7.39. The summed E-state index contributed by atoms with van der Waals surface area (Å²) < 4.78 is 0. The highest BCUT2D eigenvalue weighted by atomic mass is 35.5. The van der Waals surface area contributed by atoms with Crippen molar-refractivity contribution in [2.75, 3.05) is 5.75 Å². The minimum absolute atomic E-state index is 0.198. The van der Waals surface area contributed by atoms with Gasteiger partial charge in [-0.25, -0.2) is 0 Å². The third-order valence-electron chi connectivity index (χ3n) is 3.58. The minimum Gasteiger partial charge on any atom is -0.327 e. The molecule has 1 aliphatic carbocycles. The Morgan fingerprint density at radius 1 is 1.16 bits per heavy atom. The van der Waals surface area contributed by atoms with E-state index in [1.165, 1.54) is 37.7 Å². The van der Waals surface area contributed by atoms with E-state index in [9.17, 15) is 0 Å². The summed E-state index contributed by atoms with van der Waals surface area (Å²) in [4.78, 5) is 0. The molecule has 1 fully saturated rings. The van der Waals surface area contributed by atoms with Crippen molar-refractivity contribution < 1.29 is 0 Å². The first-order valence-electron chi connectivity index (χ1n) is 6.96. The molecule has 0 aliphatic heterocycles. The minimum atomic E-state index is 0.198. The molecule has 19 heavy (non-hydrogen) atoms. The standard InChI is InChI=1S/C15H21Cl2NS/c16-14-7-6-11(9-15(14)17)8-12(18)10-19-13-4-2-1-3-5-13/h6-7,9,12-13H,1-5,8,10,18H2. The molecule has 1 aromatic rings. The van der Waals surface area contributed by atoms with Crippen LogP contribution < -0.4 is 5.73 Å². The van der Waals surface area contributed by atoms with Crippen LogP contribution in [-0.2, 0) is 6.42 Å². The molecule has 1 saturated carbocycles. The summed E-state index contributed by atoms with van der Waals surface area (Å²) in [5.74, 6) is 1.03. The summed E-state index contributed by atoms with van der Waals surface area (Å²) in [5, 5.41) is 2.05. The highest BCUT2D eigenvalue weighted by Crippen LogP contribution is 2.29. The van der Waals surface area contributed by atoms with Crippen molar-refractivity contribution in [3.05, 3.63) is 33.8 Å². The SMILES string of the molecule is NC(CSC1CCCCC1)Cc1ccc(Cl)c(Cl)c1. The molecule has 1 aromatic carbocycles. The molecule has 0 heterocycles. The molecule has 4 heteroatoms. The van der Waals surface area contributed by atoms with E-state index in [0.29, 0.717) is 10.0 Å². The maximum Gasteiger partial charge on any atom is 0.0595 e. The van der Waals surface area contributed by atoms with Gasteiger partial charge in [0.05, 0.1) is 10.0 Å². The number of benzene rings is 1. The van der Waals surface area contributed by atoms with E-state index in [1.54, 1.807) is 0 Å². The summed E-state index contributed by atoms with van der Waals surface area (Å²) in [7, 11) is 0. The van der Waals surface area contributed by atoms with Gasteiger partial charge in [0.2, 0.25) is 0 Å². The number of hydrogen-bond acceptors (Lipinski definition) is 2. The molecule has 1 unspecified atom stereocenters. The lowest BCUT2D eigenvalue weighted by atomic mass is 10.0. The van der Waals surface area contributed by atoms with Crippen LogP contribution in [0.2, 0.25) is 10.0 Å². The average Bonchev–Trinajstić information content (AvgIpc) is 2.42. The first kappa shape index (κ1) is 15.5. The molecule has 1 atom stereocenters. The van der Waals surface area contributed by atoms with Gasteiger partial charge in [-0.3, -0.25) is 0 Å². The fourth-order valence-electron chi connectivity index (χ4n) is 2.52. The number of halogens is 2. The summed E-state index contributed by atoms with van der Waals surface area (Å²) in [6, 6.07) is 5.98. The van der Waals surface area contributed by atoms with Gasteiger partial charge in [0, 0.05) is 17.0 Å². The van der Waals surface area contributed by atoms with E-state index in [4.69, 9.17) is 28.9 Å². The molecule has 1 nitrogen and oxygen atoms in total. The molecule has 0 amide bonds. The zero-order chi connectivity index (χ0) is 13.7. The predicted molar refractivity (Wildman–Crippen MR) is 87.5 cm³/mol. The van der Waals surface area contributed by atoms with Gasteiger partial charge in [0.25, 0.3) is 0 Å². The third kappa shape index (κ3) is 5.18. The van der Waals surface area contributed by atoms with Crippen molar-refractivity contribution in [1.82, 2.24) is 0 Å². The van der Waals surface area contributed by atoms with Crippen LogP contribution in [0.1, 0.15) is 37.7 Å². The van der Waals surface area contributed by atoms with Crippen LogP contribution in [0.3, 0.4) is 0 Å². The van der Waals surface area contributed by atoms with Gasteiger partial charge in [-0.15, -0.1) is 0 Å². The highest BCUT2D eigenvalue weighted by molar-refractivity contribution is 7.99. The van der Waals surface area contributed by atoms with E-state index in [1.807, 2.05) is 30.0 Å². The number of hydrogen-bond donors (Lipinski definition) is 1. The normalized spacial score (nSPS) is 18.5. The van der Waals surface area contributed by atoms with Crippen LogP contribution in [0.25, 0.3) is 0 Å². The van der Waals surface area contributed by atoms with Crippen LogP contribution in [0.5, 0.6) is 0 Å². The smallest absolute Gasteiger partial charge is 0.0595 e. The monoisotopic (exact) mass is 317 g/mol. The Balaban J connectivity index is 1.76. The Hall–Kier alpha value is 0.110. The molecule has 0 radical (unpaired) electrons. The Bertz CT molecular complexity index is 405. The molecular weight excluding hydrogens is 297 g/mol. The lowest BCUT2D eigenvalue weighted by Crippen LogP contribution is -2.27. The third-order valence-corrected chi connectivity index (χ3v) is 5.88. The van der Waals surface area contributed by atoms with Crippen LogP contribution in [0.4, 0.5) is 0 Å². The molecule has 106 valence electrons. The Kier molecular flexibility index (Phi) is 6.34. The Morgan fingerprint density at radius 3 is 2.58 bits per heavy atom. The molecule has 0 aromatic heterocycles. The van der Waals surface area contributed by atoms with E-state index in [-0.39, 0.29) is 6.04 Å². The zero-order valence-corrected chi connectivity index (χ0v) is 13.4. The Labute approximate surface area is 130 Å². The van der Waals surface area contributed by atoms with Crippen molar-refractivity contribution in [2.45, 2.75) is 49.8 Å². The van der Waals surface area contributed by atoms with Gasteiger partial charge in [-0.2, -0.15) is 11.8 Å². The molecule has 0 bridgehead atoms. The Morgan fingerprint density at radius 2 is 1.89 bits per heavy atom. The summed E-state index contributed by atoms with van der Waals surface area (Å²) in [6.07, 6.45) is 7.79. The summed E-state index contributed by atoms with van der Waals surface area (Å²) >= 11 is 14.0. The summed E-state index contributed by atoms with van der Waals surface area (Å²) in [6.45, 7) is 0. The molecule has 2 rings (SSSR count). The van der Waals surface area contributed by atoms with E-state index >= 15 is 0 Å². The van der Waals surface area contributed by atoms with Gasteiger partial charge in [-0.05, 0) is 37.0 Å². The average molecular weight is 318 g/mol. The van der Waals surface area contributed by atoms with Gasteiger partial charge < -0.3 is 5.73 Å². The van der Waals surface area contributed by atoms with Crippen molar-refractivity contribution in [3.8, 4) is 0 Å². The lowest BCUT2D eigenvalue weighted by Gasteiger charge is -2.22. The quantitative estimate of drug-likeness (QED) is 0.833. The van der Waals surface area contributed by atoms with Crippen molar-refractivity contribution in [1.29, 1.82) is 0 Å². The fourth-order valence-corrected chi connectivity index (χ4v) is 4.14. The molecule has 1 aliphatic rings. The molecular formula is C15H21Cl2NS. The predicted octanol–water partition coefficient (Wildman–Crippen LogP) is 4.93. The van der Waals surface area contributed by atoms with Crippen LogP contribution in [0.15, 0.2) is 18.2 Å². The topological polar surface area (TPSA) is 26.0 Å². The van der Waals surface area contributed by atoms with Crippen LogP contribution in [0, 0.1) is 0 Å². The number of rotatable bonds is 5. The van der Waals surface area contributed by atoms with Gasteiger partial charge in [0.1, 0.15) is 0 Å². The second-order valence-electron chi connectivity index (χ2n) is 5.31. The van der Waals surface area contributed by atoms with Crippen molar-refractivity contribution >= 4 is 35.0 Å². The maximum absolute atomic E-state index is 6.21. The lowest BCUT2D eigenvalue weighted by molar-refractivity contribution is 0.515. The molecule has 0 saturated heterocycles. The van der Waals surface area contributed by atoms with Gasteiger partial charge in [0.15, 0.2) is 0 Å². The maximum atomic E-state index is 6.21. The van der Waals surface area contributed by atoms with Crippen LogP contribution in [-0.4, -0.2) is 17.0 Å². The first-order chi connectivity index (χ1) is 9.15. The van der Waals surface area contributed by atoms with E-state index < -0.39 is 0 Å². The van der Waals surface area contributed by atoms with Crippen molar-refractivity contribution in [2.24, 2.45) is 5.73 Å². The highest BCUT2D eigenvalue weighted by Gasteiger charge is 2.15. The molecule has 2 N–H and O–H groups in total. The van der Waals surface area contributed by atoms with Crippen LogP contribution >= 0.6 is 35.0 Å². The number of nitrogens with two attached hydrogens (primary N) is 1. The van der Waals surface area contributed by atoms with Gasteiger partial charge in [-0.1, -0.05) is 48.5 Å². The molecule has 0 spiro atoms. The second kappa shape index (κ2) is 7.78. The fraction of sp³-hybridized carbons (Fsp3) is 0.600. The number of thioether (sulfide) groups is 1. The van der Waals surface area contributed by atoms with E-state index in [2.05, 4.69) is 0 Å². The second-order valence-corrected chi connectivity index (χ2v) is 7.45. The zero-order valence-electron chi connectivity index (χ0n) is 11.1. The first-order valence-corrected chi connectivity index (χ1v) is 8.76. The van der Waals surface area contributed by atoms with E-state index in [0.717, 1.165) is 17.4 Å².